The van der Waals surface area contributed by atoms with Crippen molar-refractivity contribution in [3.8, 4) is 0 Å². The summed E-state index contributed by atoms with van der Waals surface area (Å²) in [7, 11) is 1.96. The van der Waals surface area contributed by atoms with Gasteiger partial charge in [-0.2, -0.15) is 0 Å². The second kappa shape index (κ2) is 6.89. The van der Waals surface area contributed by atoms with E-state index in [1.54, 1.807) is 0 Å². The lowest BCUT2D eigenvalue weighted by molar-refractivity contribution is 0.0497. The first kappa shape index (κ1) is 13.5. The van der Waals surface area contributed by atoms with Gasteiger partial charge in [-0.15, -0.1) is 0 Å². The van der Waals surface area contributed by atoms with E-state index in [0.29, 0.717) is 6.04 Å². The van der Waals surface area contributed by atoms with Gasteiger partial charge in [0.15, 0.2) is 0 Å². The van der Waals surface area contributed by atoms with Gasteiger partial charge in [0.25, 0.3) is 0 Å². The van der Waals surface area contributed by atoms with E-state index in [-0.39, 0.29) is 6.10 Å². The highest BCUT2D eigenvalue weighted by atomic mass is 35.5. The molecule has 3 heteroatoms. The first-order valence-corrected chi connectivity index (χ1v) is 6.08. The second-order valence-corrected chi connectivity index (χ2v) is 4.33. The molecule has 0 heterocycles. The Morgan fingerprint density at radius 2 is 2.19 bits per heavy atom. The Labute approximate surface area is 103 Å². The van der Waals surface area contributed by atoms with Gasteiger partial charge in [-0.1, -0.05) is 23.7 Å². The summed E-state index contributed by atoms with van der Waals surface area (Å²) >= 11 is 5.96. The first-order valence-electron chi connectivity index (χ1n) is 5.70. The van der Waals surface area contributed by atoms with Crippen molar-refractivity contribution in [2.45, 2.75) is 32.4 Å². The quantitative estimate of drug-likeness (QED) is 0.827. The summed E-state index contributed by atoms with van der Waals surface area (Å²) < 4.78 is 5.60. The smallest absolute Gasteiger partial charge is 0.0702 e. The van der Waals surface area contributed by atoms with Gasteiger partial charge in [-0.3, -0.25) is 0 Å². The van der Waals surface area contributed by atoms with Crippen LogP contribution in [0.1, 0.15) is 19.4 Å². The third-order valence-corrected chi connectivity index (χ3v) is 2.95. The highest BCUT2D eigenvalue weighted by Gasteiger charge is 2.15. The van der Waals surface area contributed by atoms with Gasteiger partial charge in [0, 0.05) is 17.7 Å². The van der Waals surface area contributed by atoms with Crippen LogP contribution in [-0.4, -0.2) is 25.8 Å². The summed E-state index contributed by atoms with van der Waals surface area (Å²) in [5.41, 5.74) is 1.23. The molecule has 1 rings (SSSR count). The predicted molar refractivity (Wildman–Crippen MR) is 69.1 cm³/mol. The van der Waals surface area contributed by atoms with Crippen LogP contribution >= 0.6 is 11.6 Å². The van der Waals surface area contributed by atoms with Gasteiger partial charge < -0.3 is 10.1 Å². The van der Waals surface area contributed by atoms with Gasteiger partial charge in [-0.05, 0) is 45.0 Å². The molecule has 0 radical (unpaired) electrons. The van der Waals surface area contributed by atoms with Crippen molar-refractivity contribution >= 4 is 11.6 Å². The average Bonchev–Trinajstić information content (AvgIpc) is 2.26. The van der Waals surface area contributed by atoms with Crippen LogP contribution < -0.4 is 5.32 Å². The fourth-order valence-corrected chi connectivity index (χ4v) is 2.01. The van der Waals surface area contributed by atoms with Crippen LogP contribution in [0.25, 0.3) is 0 Å². The molecule has 2 atom stereocenters. The Morgan fingerprint density at radius 3 is 2.75 bits per heavy atom. The second-order valence-electron chi connectivity index (χ2n) is 3.89. The number of benzene rings is 1. The Hall–Kier alpha value is -0.570. The molecule has 0 aliphatic heterocycles. The fourth-order valence-electron chi connectivity index (χ4n) is 1.80. The maximum atomic E-state index is 5.96. The Bertz CT molecular complexity index is 317. The fraction of sp³-hybridized carbons (Fsp3) is 0.538. The van der Waals surface area contributed by atoms with E-state index in [2.05, 4.69) is 18.3 Å². The molecular formula is C13H20ClNO. The Morgan fingerprint density at radius 1 is 1.44 bits per heavy atom. The number of hydrogen-bond donors (Lipinski definition) is 1. The van der Waals surface area contributed by atoms with E-state index in [0.717, 1.165) is 18.1 Å². The lowest BCUT2D eigenvalue weighted by Gasteiger charge is -2.23. The molecule has 1 N–H and O–H groups in total. The molecule has 1 aromatic carbocycles. The maximum Gasteiger partial charge on any atom is 0.0702 e. The van der Waals surface area contributed by atoms with Gasteiger partial charge in [-0.25, -0.2) is 0 Å². The van der Waals surface area contributed by atoms with Gasteiger partial charge in [0.05, 0.1) is 6.10 Å². The van der Waals surface area contributed by atoms with Crippen LogP contribution in [0.5, 0.6) is 0 Å². The van der Waals surface area contributed by atoms with Crippen LogP contribution in [0, 0.1) is 0 Å². The lowest BCUT2D eigenvalue weighted by Crippen LogP contribution is -2.39. The van der Waals surface area contributed by atoms with Crippen molar-refractivity contribution < 1.29 is 4.74 Å². The van der Waals surface area contributed by atoms with Gasteiger partial charge >= 0.3 is 0 Å². The van der Waals surface area contributed by atoms with E-state index in [1.807, 2.05) is 32.2 Å². The van der Waals surface area contributed by atoms with Crippen LogP contribution in [-0.2, 0) is 11.2 Å². The van der Waals surface area contributed by atoms with E-state index >= 15 is 0 Å². The molecule has 0 aromatic heterocycles. The molecule has 0 saturated heterocycles. The van der Waals surface area contributed by atoms with E-state index in [1.165, 1.54) is 5.56 Å². The summed E-state index contributed by atoms with van der Waals surface area (Å²) in [6.07, 6.45) is 1.13. The predicted octanol–water partition coefficient (Wildman–Crippen LogP) is 2.90. The third kappa shape index (κ3) is 4.12. The molecular weight excluding hydrogens is 222 g/mol. The minimum absolute atomic E-state index is 0.203. The van der Waals surface area contributed by atoms with Gasteiger partial charge in [0.2, 0.25) is 0 Å². The van der Waals surface area contributed by atoms with Crippen molar-refractivity contribution in [1.29, 1.82) is 0 Å². The third-order valence-electron chi connectivity index (χ3n) is 2.71. The number of likely N-dealkylation sites (N-methyl/N-ethyl adjacent to an activating group) is 1. The Kier molecular flexibility index (Phi) is 5.81. The summed E-state index contributed by atoms with van der Waals surface area (Å²) in [6, 6.07) is 8.29. The van der Waals surface area contributed by atoms with Crippen LogP contribution in [0.15, 0.2) is 24.3 Å². The van der Waals surface area contributed by atoms with E-state index in [9.17, 15) is 0 Å². The molecule has 2 nitrogen and oxygen atoms in total. The average molecular weight is 242 g/mol. The zero-order valence-electron chi connectivity index (χ0n) is 10.2. The SMILES string of the molecule is CCOC(C)C(Cc1cccc(Cl)c1)NC. The molecule has 0 aliphatic carbocycles. The minimum atomic E-state index is 0.203. The zero-order valence-corrected chi connectivity index (χ0v) is 10.9. The normalized spacial score (nSPS) is 14.8. The summed E-state index contributed by atoms with van der Waals surface area (Å²) in [5, 5.41) is 4.07. The molecule has 0 saturated carbocycles. The summed E-state index contributed by atoms with van der Waals surface area (Å²) in [4.78, 5) is 0. The number of halogens is 1. The minimum Gasteiger partial charge on any atom is -0.377 e. The largest absolute Gasteiger partial charge is 0.377 e. The van der Waals surface area contributed by atoms with Crippen molar-refractivity contribution in [1.82, 2.24) is 5.32 Å². The monoisotopic (exact) mass is 241 g/mol. The molecule has 0 amide bonds. The van der Waals surface area contributed by atoms with Gasteiger partial charge in [0.1, 0.15) is 0 Å². The van der Waals surface area contributed by atoms with Crippen LogP contribution in [0.4, 0.5) is 0 Å². The van der Waals surface area contributed by atoms with E-state index < -0.39 is 0 Å². The molecule has 1 aromatic rings. The maximum absolute atomic E-state index is 5.96. The van der Waals surface area contributed by atoms with E-state index in [4.69, 9.17) is 16.3 Å². The number of hydrogen-bond acceptors (Lipinski definition) is 2. The highest BCUT2D eigenvalue weighted by Crippen LogP contribution is 2.14. The number of ether oxygens (including phenoxy) is 1. The van der Waals surface area contributed by atoms with Crippen molar-refractivity contribution in [3.63, 3.8) is 0 Å². The molecule has 90 valence electrons. The highest BCUT2D eigenvalue weighted by molar-refractivity contribution is 6.30. The standard InChI is InChI=1S/C13H20ClNO/c1-4-16-10(2)13(15-3)9-11-6-5-7-12(14)8-11/h5-8,10,13,15H,4,9H2,1-3H3. The molecule has 0 bridgehead atoms. The molecule has 0 spiro atoms. The molecule has 0 fully saturated rings. The zero-order chi connectivity index (χ0) is 12.0. The topological polar surface area (TPSA) is 21.3 Å². The summed E-state index contributed by atoms with van der Waals surface area (Å²) in [6.45, 7) is 4.85. The van der Waals surface area contributed by atoms with Crippen molar-refractivity contribution in [3.05, 3.63) is 34.9 Å². The molecule has 0 aliphatic rings. The van der Waals surface area contributed by atoms with Crippen LogP contribution in [0.2, 0.25) is 5.02 Å². The summed E-state index contributed by atoms with van der Waals surface area (Å²) in [5.74, 6) is 0. The number of rotatable bonds is 6. The van der Waals surface area contributed by atoms with Crippen molar-refractivity contribution in [2.24, 2.45) is 0 Å². The van der Waals surface area contributed by atoms with Crippen LogP contribution in [0.3, 0.4) is 0 Å². The Balaban J connectivity index is 2.62. The first-order chi connectivity index (χ1) is 7.67. The number of nitrogens with one attached hydrogen (secondary N) is 1. The molecule has 2 unspecified atom stereocenters. The van der Waals surface area contributed by atoms with Crippen molar-refractivity contribution in [2.75, 3.05) is 13.7 Å². The lowest BCUT2D eigenvalue weighted by atomic mass is 10.0. The molecule has 16 heavy (non-hydrogen) atoms.